The number of carbonyl (C=O) groups is 1. The van der Waals surface area contributed by atoms with Crippen molar-refractivity contribution in [3.8, 4) is 0 Å². The maximum absolute atomic E-state index is 12.9. The van der Waals surface area contributed by atoms with E-state index in [0.29, 0.717) is 12.8 Å². The standard InChI is InChI=1S/C41H80NO12P/c1-3-5-7-9-11-13-14-15-16-17-18-19-20-21-22-24-26-28-32(43)30-35(45)42-33(34(44)29-27-25-23-12-10-8-6-4-2)31-53-55(51,52)54-41-39(49)37(47)36(46)38(48)40(41)50/h27,29,32-34,36-41,43-44,46-50H,3-26,28,30-31H2,1-2H3,(H,42,45)(H,51,52)/b29-27+. The molecule has 1 aliphatic rings. The van der Waals surface area contributed by atoms with Crippen molar-refractivity contribution in [3.63, 3.8) is 0 Å². The molecule has 0 aliphatic heterocycles. The summed E-state index contributed by atoms with van der Waals surface area (Å²) in [5, 5.41) is 74.1. The molecule has 0 saturated heterocycles. The monoisotopic (exact) mass is 810 g/mol. The number of hydrogen-bond acceptors (Lipinski definition) is 11. The van der Waals surface area contributed by atoms with Gasteiger partial charge in [0, 0.05) is 0 Å². The summed E-state index contributed by atoms with van der Waals surface area (Å²) in [7, 11) is -5.13. The molecule has 0 heterocycles. The van der Waals surface area contributed by atoms with Crippen molar-refractivity contribution >= 4 is 13.7 Å². The fraction of sp³-hybridized carbons (Fsp3) is 0.927. The van der Waals surface area contributed by atoms with Crippen molar-refractivity contribution in [2.24, 2.45) is 0 Å². The number of amides is 1. The zero-order valence-electron chi connectivity index (χ0n) is 34.1. The normalized spacial score (nSPS) is 24.5. The molecule has 1 amide bonds. The van der Waals surface area contributed by atoms with E-state index in [1.165, 1.54) is 96.0 Å². The van der Waals surface area contributed by atoms with Crippen LogP contribution in [-0.2, 0) is 18.4 Å². The highest BCUT2D eigenvalue weighted by Crippen LogP contribution is 2.47. The van der Waals surface area contributed by atoms with Gasteiger partial charge in [-0.25, -0.2) is 4.57 Å². The van der Waals surface area contributed by atoms with Crippen molar-refractivity contribution in [1.82, 2.24) is 5.32 Å². The summed E-state index contributed by atoms with van der Waals surface area (Å²) in [6.07, 6.45) is 17.7. The van der Waals surface area contributed by atoms with Gasteiger partial charge in [-0.15, -0.1) is 0 Å². The second-order valence-electron chi connectivity index (χ2n) is 15.7. The lowest BCUT2D eigenvalue weighted by molar-refractivity contribution is -0.220. The minimum absolute atomic E-state index is 0.241. The molecule has 0 bridgehead atoms. The summed E-state index contributed by atoms with van der Waals surface area (Å²) in [6, 6.07) is -1.23. The van der Waals surface area contributed by atoms with Crippen molar-refractivity contribution in [3.05, 3.63) is 12.2 Å². The molecular weight excluding hydrogens is 729 g/mol. The zero-order chi connectivity index (χ0) is 40.9. The Morgan fingerprint density at radius 2 is 1.04 bits per heavy atom. The van der Waals surface area contributed by atoms with E-state index in [4.69, 9.17) is 9.05 Å². The van der Waals surface area contributed by atoms with Gasteiger partial charge in [0.25, 0.3) is 0 Å². The van der Waals surface area contributed by atoms with Crippen LogP contribution < -0.4 is 5.32 Å². The molecule has 55 heavy (non-hydrogen) atoms. The summed E-state index contributed by atoms with van der Waals surface area (Å²) in [4.78, 5) is 23.3. The summed E-state index contributed by atoms with van der Waals surface area (Å²) in [6.45, 7) is 3.67. The molecule has 14 heteroatoms. The maximum atomic E-state index is 12.9. The van der Waals surface area contributed by atoms with E-state index < -0.39 is 75.2 Å². The summed E-state index contributed by atoms with van der Waals surface area (Å²) in [5.74, 6) is -0.594. The number of phosphoric ester groups is 1. The molecule has 1 rings (SSSR count). The van der Waals surface area contributed by atoms with E-state index in [0.717, 1.165) is 57.8 Å². The molecule has 0 radical (unpaired) electrons. The van der Waals surface area contributed by atoms with Crippen LogP contribution in [0.1, 0.15) is 181 Å². The number of carbonyl (C=O) groups excluding carboxylic acids is 1. The zero-order valence-corrected chi connectivity index (χ0v) is 35.0. The van der Waals surface area contributed by atoms with E-state index in [1.807, 2.05) is 0 Å². The van der Waals surface area contributed by atoms with Crippen LogP contribution in [0.2, 0.25) is 0 Å². The number of phosphoric acid groups is 1. The molecule has 1 aliphatic carbocycles. The van der Waals surface area contributed by atoms with Crippen LogP contribution in [0.5, 0.6) is 0 Å². The molecule has 9 N–H and O–H groups in total. The van der Waals surface area contributed by atoms with E-state index in [1.54, 1.807) is 6.08 Å². The molecule has 1 saturated carbocycles. The van der Waals surface area contributed by atoms with Gasteiger partial charge in [-0.3, -0.25) is 13.8 Å². The number of allylic oxidation sites excluding steroid dienone is 1. The van der Waals surface area contributed by atoms with Crippen LogP contribution in [0.4, 0.5) is 0 Å². The second-order valence-corrected chi connectivity index (χ2v) is 17.1. The summed E-state index contributed by atoms with van der Waals surface area (Å²) < 4.78 is 22.7. The van der Waals surface area contributed by atoms with Gasteiger partial charge in [0.2, 0.25) is 5.91 Å². The Hall–Kier alpha value is -0.960. The van der Waals surface area contributed by atoms with Crippen LogP contribution in [-0.4, -0.2) is 108 Å². The molecule has 326 valence electrons. The molecule has 0 spiro atoms. The largest absolute Gasteiger partial charge is 0.472 e. The molecule has 8 unspecified atom stereocenters. The van der Waals surface area contributed by atoms with Crippen molar-refractivity contribution in [1.29, 1.82) is 0 Å². The number of aliphatic hydroxyl groups is 7. The SMILES string of the molecule is CCCCCCCC/C=C/C(O)C(COP(=O)(O)OC1C(O)C(O)C(O)C(O)C1O)NC(=O)CC(O)CCCCCCCCCCCCCCCCCCC. The van der Waals surface area contributed by atoms with Crippen LogP contribution in [0, 0.1) is 0 Å². The topological polar surface area (TPSA) is 226 Å². The van der Waals surface area contributed by atoms with Crippen LogP contribution in [0.3, 0.4) is 0 Å². The lowest BCUT2D eigenvalue weighted by Gasteiger charge is -2.41. The van der Waals surface area contributed by atoms with E-state index in [-0.39, 0.29) is 6.42 Å². The quantitative estimate of drug-likeness (QED) is 0.0197. The molecule has 0 aromatic heterocycles. The predicted molar refractivity (Wildman–Crippen MR) is 215 cm³/mol. The number of aliphatic hydroxyl groups excluding tert-OH is 7. The van der Waals surface area contributed by atoms with Gasteiger partial charge in [-0.05, 0) is 19.3 Å². The highest BCUT2D eigenvalue weighted by molar-refractivity contribution is 7.47. The Morgan fingerprint density at radius 1 is 0.636 bits per heavy atom. The number of nitrogens with one attached hydrogen (secondary N) is 1. The van der Waals surface area contributed by atoms with Gasteiger partial charge in [0.15, 0.2) is 0 Å². The molecule has 0 aromatic carbocycles. The van der Waals surface area contributed by atoms with E-state index in [2.05, 4.69) is 19.2 Å². The number of unbranched alkanes of at least 4 members (excludes halogenated alkanes) is 22. The fourth-order valence-corrected chi connectivity index (χ4v) is 7.97. The van der Waals surface area contributed by atoms with Gasteiger partial charge in [0.1, 0.15) is 36.6 Å². The van der Waals surface area contributed by atoms with Crippen LogP contribution >= 0.6 is 7.82 Å². The Kier molecular flexibility index (Phi) is 30.3. The molecule has 8 atom stereocenters. The molecule has 0 aromatic rings. The Morgan fingerprint density at radius 3 is 1.49 bits per heavy atom. The summed E-state index contributed by atoms with van der Waals surface area (Å²) in [5.41, 5.74) is 0. The highest BCUT2D eigenvalue weighted by atomic mass is 31.2. The average Bonchev–Trinajstić information content (AvgIpc) is 3.15. The first kappa shape index (κ1) is 52.1. The Bertz CT molecular complexity index is 1010. The van der Waals surface area contributed by atoms with Gasteiger partial charge in [0.05, 0.1) is 31.3 Å². The Labute approximate surface area is 331 Å². The van der Waals surface area contributed by atoms with Crippen molar-refractivity contribution in [2.45, 2.75) is 236 Å². The van der Waals surface area contributed by atoms with Crippen molar-refractivity contribution in [2.75, 3.05) is 6.61 Å². The number of rotatable bonds is 35. The third-order valence-corrected chi connectivity index (χ3v) is 11.6. The lowest BCUT2D eigenvalue weighted by Crippen LogP contribution is -2.64. The third kappa shape index (κ3) is 24.5. The van der Waals surface area contributed by atoms with Gasteiger partial charge in [-0.2, -0.15) is 0 Å². The molecule has 1 fully saturated rings. The van der Waals surface area contributed by atoms with Gasteiger partial charge >= 0.3 is 7.82 Å². The average molecular weight is 810 g/mol. The van der Waals surface area contributed by atoms with Crippen LogP contribution in [0.25, 0.3) is 0 Å². The first-order chi connectivity index (χ1) is 26.3. The number of hydrogen-bond donors (Lipinski definition) is 9. The first-order valence-electron chi connectivity index (χ1n) is 21.7. The Balaban J connectivity index is 2.48. The third-order valence-electron chi connectivity index (χ3n) is 10.6. The lowest BCUT2D eigenvalue weighted by atomic mass is 9.85. The second kappa shape index (κ2) is 32.0. The maximum Gasteiger partial charge on any atom is 0.472 e. The molecule has 13 nitrogen and oxygen atoms in total. The van der Waals surface area contributed by atoms with Crippen molar-refractivity contribution < 1.29 is 59.0 Å². The van der Waals surface area contributed by atoms with E-state index >= 15 is 0 Å². The predicted octanol–water partition coefficient (Wildman–Crippen LogP) is 6.25. The highest BCUT2D eigenvalue weighted by Gasteiger charge is 2.51. The van der Waals surface area contributed by atoms with E-state index in [9.17, 15) is 50.0 Å². The summed E-state index contributed by atoms with van der Waals surface area (Å²) >= 11 is 0. The minimum atomic E-state index is -5.13. The fourth-order valence-electron chi connectivity index (χ4n) is 7.00. The first-order valence-corrected chi connectivity index (χ1v) is 23.2. The minimum Gasteiger partial charge on any atom is -0.393 e. The van der Waals surface area contributed by atoms with Crippen LogP contribution in [0.15, 0.2) is 12.2 Å². The van der Waals surface area contributed by atoms with Gasteiger partial charge in [-0.1, -0.05) is 167 Å². The smallest absolute Gasteiger partial charge is 0.393 e. The van der Waals surface area contributed by atoms with Gasteiger partial charge < -0.3 is 46.0 Å². The molecular formula is C41H80NO12P.